The smallest absolute Gasteiger partial charge is 0.397 e. The van der Waals surface area contributed by atoms with Gasteiger partial charge in [0.1, 0.15) is 0 Å². The summed E-state index contributed by atoms with van der Waals surface area (Å²) in [4.78, 5) is 23.5. The van der Waals surface area contributed by atoms with Gasteiger partial charge in [-0.1, -0.05) is 88.5 Å². The molecule has 0 unspecified atom stereocenters. The molecule has 1 aromatic carbocycles. The lowest BCUT2D eigenvalue weighted by molar-refractivity contribution is -0.152. The van der Waals surface area contributed by atoms with Crippen molar-refractivity contribution in [2.75, 3.05) is 11.9 Å². The number of carbonyl (C=O) groups excluding carboxylic acids is 2. The molecule has 0 saturated heterocycles. The van der Waals surface area contributed by atoms with Crippen LogP contribution in [0.5, 0.6) is 0 Å². The first kappa shape index (κ1) is 27.2. The maximum absolute atomic E-state index is 11.8. The average Bonchev–Trinajstić information content (AvgIpc) is 2.77. The highest BCUT2D eigenvalue weighted by Gasteiger charge is 2.15. The third-order valence-electron chi connectivity index (χ3n) is 5.18. The highest BCUT2D eigenvalue weighted by Crippen LogP contribution is 2.13. The molecule has 5 heteroatoms. The Morgan fingerprint density at radius 2 is 1.32 bits per heavy atom. The fourth-order valence-corrected chi connectivity index (χ4v) is 3.42. The maximum Gasteiger partial charge on any atom is 0.397 e. The summed E-state index contributed by atoms with van der Waals surface area (Å²) in [6.45, 7) is 2.54. The number of halogens is 1. The number of hydrogen-bond acceptors (Lipinski definition) is 3. The lowest BCUT2D eigenvalue weighted by Gasteiger charge is -2.06. The van der Waals surface area contributed by atoms with E-state index in [0.29, 0.717) is 10.7 Å². The van der Waals surface area contributed by atoms with Gasteiger partial charge in [0.05, 0.1) is 6.61 Å². The number of allylic oxidation sites excluding steroid dienone is 2. The summed E-state index contributed by atoms with van der Waals surface area (Å²) in [5.74, 6) is -1.60. The Hall–Kier alpha value is -1.81. The van der Waals surface area contributed by atoms with Gasteiger partial charge in [-0.25, -0.2) is 4.79 Å². The number of unbranched alkanes of at least 4 members (excludes halogenated alkanes) is 12. The van der Waals surface area contributed by atoms with Gasteiger partial charge in [-0.3, -0.25) is 4.79 Å². The molecule has 0 aliphatic rings. The van der Waals surface area contributed by atoms with E-state index in [-0.39, 0.29) is 6.61 Å². The minimum atomic E-state index is -0.845. The molecule has 1 N–H and O–H groups in total. The first-order valence-corrected chi connectivity index (χ1v) is 12.4. The third-order valence-corrected chi connectivity index (χ3v) is 5.43. The second-order valence-corrected chi connectivity index (χ2v) is 8.47. The summed E-state index contributed by atoms with van der Waals surface area (Å²) in [6, 6.07) is 6.57. The molecule has 1 aromatic rings. The van der Waals surface area contributed by atoms with Crippen LogP contribution < -0.4 is 5.32 Å². The summed E-state index contributed by atoms with van der Waals surface area (Å²) in [7, 11) is 0. The minimum absolute atomic E-state index is 0.286. The molecule has 31 heavy (non-hydrogen) atoms. The fraction of sp³-hybridized carbons (Fsp3) is 0.615. The van der Waals surface area contributed by atoms with Gasteiger partial charge in [0.2, 0.25) is 0 Å². The maximum atomic E-state index is 11.8. The second-order valence-electron chi connectivity index (χ2n) is 8.03. The number of ether oxygens (including phenoxy) is 1. The SMILES string of the molecule is CCCCCCCCC=CCCCCCCCCOC(=O)C(=O)Nc1ccc(Cl)cc1. The third kappa shape index (κ3) is 15.6. The Morgan fingerprint density at radius 1 is 0.806 bits per heavy atom. The van der Waals surface area contributed by atoms with Crippen LogP contribution in [-0.4, -0.2) is 18.5 Å². The predicted molar refractivity (Wildman–Crippen MR) is 130 cm³/mol. The predicted octanol–water partition coefficient (Wildman–Crippen LogP) is 7.86. The molecule has 0 fully saturated rings. The number of anilines is 1. The summed E-state index contributed by atoms with van der Waals surface area (Å²) in [6.07, 6.45) is 21.9. The second kappa shape index (κ2) is 18.9. The van der Waals surface area contributed by atoms with Gasteiger partial charge in [-0.15, -0.1) is 0 Å². The van der Waals surface area contributed by atoms with E-state index in [2.05, 4.69) is 24.4 Å². The molecule has 0 aliphatic carbocycles. The number of carbonyl (C=O) groups is 2. The minimum Gasteiger partial charge on any atom is -0.459 e. The van der Waals surface area contributed by atoms with Crippen molar-refractivity contribution in [2.24, 2.45) is 0 Å². The highest BCUT2D eigenvalue weighted by molar-refractivity contribution is 6.37. The standard InChI is InChI=1S/C26H40ClNO3/c1-2-3-4-5-6-7-8-9-10-11-12-13-14-15-16-17-22-31-26(30)25(29)28-24-20-18-23(27)19-21-24/h9-10,18-21H,2-8,11-17,22H2,1H3,(H,28,29). The molecule has 4 nitrogen and oxygen atoms in total. The van der Waals surface area contributed by atoms with E-state index in [4.69, 9.17) is 16.3 Å². The van der Waals surface area contributed by atoms with Crippen LogP contribution >= 0.6 is 11.6 Å². The van der Waals surface area contributed by atoms with Crippen molar-refractivity contribution in [1.29, 1.82) is 0 Å². The van der Waals surface area contributed by atoms with Gasteiger partial charge in [0.25, 0.3) is 0 Å². The van der Waals surface area contributed by atoms with E-state index in [1.54, 1.807) is 24.3 Å². The first-order valence-electron chi connectivity index (χ1n) is 12.0. The van der Waals surface area contributed by atoms with Gasteiger partial charge in [0.15, 0.2) is 0 Å². The number of hydrogen-bond donors (Lipinski definition) is 1. The van der Waals surface area contributed by atoms with Gasteiger partial charge < -0.3 is 10.1 Å². The van der Waals surface area contributed by atoms with Crippen LogP contribution in [0.4, 0.5) is 5.69 Å². The van der Waals surface area contributed by atoms with E-state index in [1.165, 1.54) is 70.6 Å². The van der Waals surface area contributed by atoms with Gasteiger partial charge in [-0.2, -0.15) is 0 Å². The summed E-state index contributed by atoms with van der Waals surface area (Å²) in [5.41, 5.74) is 0.517. The normalized spacial score (nSPS) is 11.0. The Bertz CT molecular complexity index is 628. The largest absolute Gasteiger partial charge is 0.459 e. The lowest BCUT2D eigenvalue weighted by atomic mass is 10.1. The molecule has 1 amide bonds. The zero-order valence-corrected chi connectivity index (χ0v) is 19.9. The first-order chi connectivity index (χ1) is 15.1. The van der Waals surface area contributed by atoms with Crippen molar-refractivity contribution in [3.8, 4) is 0 Å². The summed E-state index contributed by atoms with van der Waals surface area (Å²) in [5, 5.41) is 3.07. The Kier molecular flexibility index (Phi) is 16.6. The van der Waals surface area contributed by atoms with Crippen LogP contribution in [0, 0.1) is 0 Å². The molecule has 1 rings (SSSR count). The molecular formula is C26H40ClNO3. The lowest BCUT2D eigenvalue weighted by Crippen LogP contribution is -2.25. The molecule has 0 spiro atoms. The van der Waals surface area contributed by atoms with Crippen LogP contribution in [0.3, 0.4) is 0 Å². The van der Waals surface area contributed by atoms with Crippen LogP contribution in [0.1, 0.15) is 96.8 Å². The molecule has 0 saturated carbocycles. The summed E-state index contributed by atoms with van der Waals surface area (Å²) < 4.78 is 5.03. The Morgan fingerprint density at radius 3 is 1.90 bits per heavy atom. The number of esters is 1. The fourth-order valence-electron chi connectivity index (χ4n) is 3.30. The summed E-state index contributed by atoms with van der Waals surface area (Å²) >= 11 is 5.79. The monoisotopic (exact) mass is 449 g/mol. The zero-order chi connectivity index (χ0) is 22.6. The van der Waals surface area contributed by atoms with Gasteiger partial charge in [-0.05, 0) is 56.4 Å². The molecule has 0 heterocycles. The topological polar surface area (TPSA) is 55.4 Å². The van der Waals surface area contributed by atoms with Gasteiger partial charge >= 0.3 is 11.9 Å². The molecule has 0 atom stereocenters. The van der Waals surface area contributed by atoms with Crippen molar-refractivity contribution in [3.05, 3.63) is 41.4 Å². The van der Waals surface area contributed by atoms with E-state index in [0.717, 1.165) is 19.3 Å². The average molecular weight is 450 g/mol. The zero-order valence-electron chi connectivity index (χ0n) is 19.2. The quantitative estimate of drug-likeness (QED) is 0.114. The Balaban J connectivity index is 1.88. The van der Waals surface area contributed by atoms with Crippen molar-refractivity contribution in [1.82, 2.24) is 0 Å². The molecule has 0 aliphatic heterocycles. The van der Waals surface area contributed by atoms with E-state index >= 15 is 0 Å². The van der Waals surface area contributed by atoms with Crippen LogP contribution in [0.25, 0.3) is 0 Å². The van der Waals surface area contributed by atoms with Crippen molar-refractivity contribution >= 4 is 29.2 Å². The van der Waals surface area contributed by atoms with E-state index in [1.807, 2.05) is 0 Å². The Labute approximate surface area is 193 Å². The highest BCUT2D eigenvalue weighted by atomic mass is 35.5. The van der Waals surface area contributed by atoms with Crippen LogP contribution in [0.2, 0.25) is 5.02 Å². The van der Waals surface area contributed by atoms with Crippen molar-refractivity contribution in [3.63, 3.8) is 0 Å². The van der Waals surface area contributed by atoms with Crippen LogP contribution in [-0.2, 0) is 14.3 Å². The van der Waals surface area contributed by atoms with Crippen molar-refractivity contribution in [2.45, 2.75) is 96.8 Å². The van der Waals surface area contributed by atoms with Crippen molar-refractivity contribution < 1.29 is 14.3 Å². The number of benzene rings is 1. The molecule has 0 aromatic heterocycles. The molecular weight excluding hydrogens is 410 g/mol. The molecule has 0 radical (unpaired) electrons. The number of nitrogens with one attached hydrogen (secondary N) is 1. The molecule has 0 bridgehead atoms. The number of rotatable bonds is 17. The van der Waals surface area contributed by atoms with E-state index < -0.39 is 11.9 Å². The van der Waals surface area contributed by atoms with E-state index in [9.17, 15) is 9.59 Å². The van der Waals surface area contributed by atoms with Crippen LogP contribution in [0.15, 0.2) is 36.4 Å². The molecule has 174 valence electrons. The van der Waals surface area contributed by atoms with Gasteiger partial charge in [0, 0.05) is 10.7 Å². The number of amides is 1.